The van der Waals surface area contributed by atoms with E-state index in [2.05, 4.69) is 37.9 Å². The predicted octanol–water partition coefficient (Wildman–Crippen LogP) is 3.99. The summed E-state index contributed by atoms with van der Waals surface area (Å²) in [4.78, 5) is 2.45. The first kappa shape index (κ1) is 17.1. The molecule has 0 saturated carbocycles. The Morgan fingerprint density at radius 3 is 2.25 bits per heavy atom. The highest BCUT2D eigenvalue weighted by Crippen LogP contribution is 2.14. The molecule has 0 bridgehead atoms. The van der Waals surface area contributed by atoms with Gasteiger partial charge in [-0.05, 0) is 64.0 Å². The van der Waals surface area contributed by atoms with Crippen LogP contribution in [0.3, 0.4) is 0 Å². The first-order valence-electron chi connectivity index (χ1n) is 7.80. The molecule has 0 amide bonds. The highest BCUT2D eigenvalue weighted by atomic mass is 19.1. The number of nitrogens with zero attached hydrogens (tertiary/aromatic N) is 1. The maximum absolute atomic E-state index is 12.9. The van der Waals surface area contributed by atoms with Crippen LogP contribution in [-0.2, 0) is 0 Å². The molecule has 2 unspecified atom stereocenters. The van der Waals surface area contributed by atoms with Crippen LogP contribution < -0.4 is 5.32 Å². The highest BCUT2D eigenvalue weighted by Gasteiger charge is 2.10. The Balaban J connectivity index is 2.31. The van der Waals surface area contributed by atoms with Gasteiger partial charge in [0.05, 0.1) is 0 Å². The van der Waals surface area contributed by atoms with Crippen LogP contribution in [0.1, 0.15) is 52.1 Å². The van der Waals surface area contributed by atoms with Crippen molar-refractivity contribution in [3.8, 4) is 0 Å². The molecule has 0 fully saturated rings. The Morgan fingerprint density at radius 2 is 1.70 bits per heavy atom. The SMILES string of the molecule is CCN(CC)CCCC(C)NC(C)c1ccc(F)cc1. The van der Waals surface area contributed by atoms with Gasteiger partial charge in [0.2, 0.25) is 0 Å². The van der Waals surface area contributed by atoms with E-state index < -0.39 is 0 Å². The molecule has 0 spiro atoms. The van der Waals surface area contributed by atoms with E-state index in [0.717, 1.165) is 18.7 Å². The molecule has 0 radical (unpaired) electrons. The van der Waals surface area contributed by atoms with Crippen LogP contribution in [0.5, 0.6) is 0 Å². The fourth-order valence-electron chi connectivity index (χ4n) is 2.52. The summed E-state index contributed by atoms with van der Waals surface area (Å²) in [6, 6.07) is 7.51. The molecular formula is C17H29FN2. The van der Waals surface area contributed by atoms with E-state index in [1.54, 1.807) is 0 Å². The molecule has 3 heteroatoms. The topological polar surface area (TPSA) is 15.3 Å². The fraction of sp³-hybridized carbons (Fsp3) is 0.647. The lowest BCUT2D eigenvalue weighted by Crippen LogP contribution is -2.30. The molecule has 20 heavy (non-hydrogen) atoms. The van der Waals surface area contributed by atoms with Crippen molar-refractivity contribution in [2.24, 2.45) is 0 Å². The summed E-state index contributed by atoms with van der Waals surface area (Å²) in [7, 11) is 0. The first-order chi connectivity index (χ1) is 9.56. The second kappa shape index (κ2) is 9.09. The van der Waals surface area contributed by atoms with Crippen molar-refractivity contribution in [3.05, 3.63) is 35.6 Å². The second-order valence-corrected chi connectivity index (χ2v) is 5.51. The van der Waals surface area contributed by atoms with Crippen molar-refractivity contribution in [2.45, 2.75) is 52.6 Å². The molecule has 2 atom stereocenters. The minimum absolute atomic E-state index is 0.173. The summed E-state index contributed by atoms with van der Waals surface area (Å²) in [5, 5.41) is 3.58. The molecule has 0 aliphatic rings. The van der Waals surface area contributed by atoms with Crippen LogP contribution in [-0.4, -0.2) is 30.6 Å². The number of rotatable bonds is 9. The van der Waals surface area contributed by atoms with E-state index in [-0.39, 0.29) is 11.9 Å². The van der Waals surface area contributed by atoms with Crippen molar-refractivity contribution in [2.75, 3.05) is 19.6 Å². The van der Waals surface area contributed by atoms with E-state index in [9.17, 15) is 4.39 Å². The summed E-state index contributed by atoms with van der Waals surface area (Å²) < 4.78 is 12.9. The summed E-state index contributed by atoms with van der Waals surface area (Å²) in [5.74, 6) is -0.173. The van der Waals surface area contributed by atoms with Crippen LogP contribution in [0.25, 0.3) is 0 Å². The van der Waals surface area contributed by atoms with Crippen molar-refractivity contribution in [1.29, 1.82) is 0 Å². The highest BCUT2D eigenvalue weighted by molar-refractivity contribution is 5.19. The van der Waals surface area contributed by atoms with Gasteiger partial charge in [0.25, 0.3) is 0 Å². The fourth-order valence-corrected chi connectivity index (χ4v) is 2.52. The summed E-state index contributed by atoms with van der Waals surface area (Å²) >= 11 is 0. The standard InChI is InChI=1S/C17H29FN2/c1-5-20(6-2)13-7-8-14(3)19-15(4)16-9-11-17(18)12-10-16/h9-12,14-15,19H,5-8,13H2,1-4H3. The van der Waals surface area contributed by atoms with Gasteiger partial charge in [-0.25, -0.2) is 4.39 Å². The van der Waals surface area contributed by atoms with Gasteiger partial charge in [0.15, 0.2) is 0 Å². The van der Waals surface area contributed by atoms with Gasteiger partial charge in [0.1, 0.15) is 5.82 Å². The van der Waals surface area contributed by atoms with Crippen LogP contribution >= 0.6 is 0 Å². The Hall–Kier alpha value is -0.930. The molecule has 1 aromatic rings. The van der Waals surface area contributed by atoms with Gasteiger partial charge in [-0.1, -0.05) is 26.0 Å². The predicted molar refractivity (Wildman–Crippen MR) is 84.4 cm³/mol. The van der Waals surface area contributed by atoms with E-state index in [4.69, 9.17) is 0 Å². The van der Waals surface area contributed by atoms with Crippen molar-refractivity contribution in [1.82, 2.24) is 10.2 Å². The van der Waals surface area contributed by atoms with E-state index in [1.807, 2.05) is 12.1 Å². The molecule has 1 rings (SSSR count). The van der Waals surface area contributed by atoms with Gasteiger partial charge in [-0.2, -0.15) is 0 Å². The molecule has 2 nitrogen and oxygen atoms in total. The van der Waals surface area contributed by atoms with E-state index in [0.29, 0.717) is 6.04 Å². The third-order valence-corrected chi connectivity index (χ3v) is 3.91. The van der Waals surface area contributed by atoms with Crippen LogP contribution in [0.2, 0.25) is 0 Å². The maximum Gasteiger partial charge on any atom is 0.123 e. The molecule has 114 valence electrons. The lowest BCUT2D eigenvalue weighted by molar-refractivity contribution is 0.288. The Kier molecular flexibility index (Phi) is 7.78. The van der Waals surface area contributed by atoms with E-state index in [1.165, 1.54) is 31.5 Å². The number of hydrogen-bond acceptors (Lipinski definition) is 2. The monoisotopic (exact) mass is 280 g/mol. The molecular weight excluding hydrogens is 251 g/mol. The Morgan fingerprint density at radius 1 is 1.10 bits per heavy atom. The molecule has 0 aliphatic heterocycles. The minimum Gasteiger partial charge on any atom is -0.308 e. The molecule has 0 aromatic heterocycles. The third-order valence-electron chi connectivity index (χ3n) is 3.91. The largest absolute Gasteiger partial charge is 0.308 e. The summed E-state index contributed by atoms with van der Waals surface area (Å²) in [6.45, 7) is 12.2. The van der Waals surface area contributed by atoms with Crippen molar-refractivity contribution in [3.63, 3.8) is 0 Å². The summed E-state index contributed by atoms with van der Waals surface area (Å²) in [5.41, 5.74) is 1.14. The van der Waals surface area contributed by atoms with Crippen LogP contribution in [0.15, 0.2) is 24.3 Å². The Bertz CT molecular complexity index is 360. The normalized spacial score (nSPS) is 14.5. The average Bonchev–Trinajstić information content (AvgIpc) is 2.44. The average molecular weight is 280 g/mol. The third kappa shape index (κ3) is 6.02. The molecule has 0 aliphatic carbocycles. The van der Waals surface area contributed by atoms with Gasteiger partial charge in [-0.15, -0.1) is 0 Å². The van der Waals surface area contributed by atoms with Gasteiger partial charge >= 0.3 is 0 Å². The first-order valence-corrected chi connectivity index (χ1v) is 7.80. The molecule has 1 aromatic carbocycles. The van der Waals surface area contributed by atoms with Crippen LogP contribution in [0.4, 0.5) is 4.39 Å². The van der Waals surface area contributed by atoms with E-state index >= 15 is 0 Å². The van der Waals surface area contributed by atoms with Crippen LogP contribution in [0, 0.1) is 5.82 Å². The zero-order valence-corrected chi connectivity index (χ0v) is 13.3. The molecule has 0 heterocycles. The zero-order chi connectivity index (χ0) is 15.0. The lowest BCUT2D eigenvalue weighted by atomic mass is 10.1. The van der Waals surface area contributed by atoms with Gasteiger partial charge in [-0.3, -0.25) is 0 Å². The number of benzene rings is 1. The number of nitrogens with one attached hydrogen (secondary N) is 1. The van der Waals surface area contributed by atoms with Crippen molar-refractivity contribution >= 4 is 0 Å². The minimum atomic E-state index is -0.173. The van der Waals surface area contributed by atoms with Crippen molar-refractivity contribution < 1.29 is 4.39 Å². The smallest absolute Gasteiger partial charge is 0.123 e. The van der Waals surface area contributed by atoms with Gasteiger partial charge < -0.3 is 10.2 Å². The Labute approximate surface area is 123 Å². The number of halogens is 1. The number of hydrogen-bond donors (Lipinski definition) is 1. The quantitative estimate of drug-likeness (QED) is 0.736. The second-order valence-electron chi connectivity index (χ2n) is 5.51. The van der Waals surface area contributed by atoms with Gasteiger partial charge in [0, 0.05) is 12.1 Å². The molecule has 1 N–H and O–H groups in total. The lowest BCUT2D eigenvalue weighted by Gasteiger charge is -2.22. The molecule has 0 saturated heterocycles. The summed E-state index contributed by atoms with van der Waals surface area (Å²) in [6.07, 6.45) is 2.38. The maximum atomic E-state index is 12.9. The zero-order valence-electron chi connectivity index (χ0n) is 13.3.